The van der Waals surface area contributed by atoms with Crippen molar-refractivity contribution in [2.45, 2.75) is 52.0 Å². The molecule has 0 heterocycles. The van der Waals surface area contributed by atoms with Gasteiger partial charge >= 0.3 is 0 Å². The zero-order valence-electron chi connectivity index (χ0n) is 13.6. The molecule has 0 aromatic heterocycles. The van der Waals surface area contributed by atoms with Crippen LogP contribution in [0, 0.1) is 5.92 Å². The second kappa shape index (κ2) is 7.92. The molecular weight excluding hydrogens is 284 g/mol. The van der Waals surface area contributed by atoms with Crippen LogP contribution < -0.4 is 5.73 Å². The molecule has 0 spiro atoms. The van der Waals surface area contributed by atoms with Crippen molar-refractivity contribution in [1.29, 1.82) is 0 Å². The van der Waals surface area contributed by atoms with Crippen molar-refractivity contribution in [1.82, 2.24) is 4.31 Å². The molecule has 5 heteroatoms. The molecule has 0 radical (unpaired) electrons. The third kappa shape index (κ3) is 4.28. The number of hydrogen-bond donors (Lipinski definition) is 1. The monoisotopic (exact) mass is 312 g/mol. The molecular formula is C16H28N2O2S. The van der Waals surface area contributed by atoms with Gasteiger partial charge in [0.2, 0.25) is 10.0 Å². The fourth-order valence-corrected chi connectivity index (χ4v) is 4.18. The van der Waals surface area contributed by atoms with Crippen LogP contribution in [0.25, 0.3) is 0 Å². The van der Waals surface area contributed by atoms with Crippen molar-refractivity contribution < 1.29 is 8.42 Å². The third-order valence-corrected chi connectivity index (χ3v) is 5.95. The summed E-state index contributed by atoms with van der Waals surface area (Å²) in [6.07, 6.45) is 1.66. The van der Waals surface area contributed by atoms with Gasteiger partial charge in [-0.15, -0.1) is 0 Å². The lowest BCUT2D eigenvalue weighted by Crippen LogP contribution is -2.35. The van der Waals surface area contributed by atoms with Gasteiger partial charge in [0.25, 0.3) is 0 Å². The van der Waals surface area contributed by atoms with Crippen LogP contribution in [0.15, 0.2) is 23.1 Å². The van der Waals surface area contributed by atoms with Crippen molar-refractivity contribution in [3.63, 3.8) is 0 Å². The van der Waals surface area contributed by atoms with Crippen LogP contribution in [0.3, 0.4) is 0 Å². The molecule has 0 bridgehead atoms. The molecule has 0 aliphatic rings. The number of rotatable bonds is 8. The number of nitrogens with zero attached hydrogens (tertiary/aromatic N) is 1. The van der Waals surface area contributed by atoms with Gasteiger partial charge in [-0.25, -0.2) is 8.42 Å². The molecule has 0 amide bonds. The van der Waals surface area contributed by atoms with Crippen LogP contribution >= 0.6 is 0 Å². The summed E-state index contributed by atoms with van der Waals surface area (Å²) in [5.41, 5.74) is 7.36. The zero-order valence-corrected chi connectivity index (χ0v) is 14.4. The van der Waals surface area contributed by atoms with Gasteiger partial charge in [0.05, 0.1) is 4.90 Å². The Bertz CT molecular complexity index is 555. The molecule has 1 rings (SSSR count). The van der Waals surface area contributed by atoms with Crippen LogP contribution in [0.4, 0.5) is 0 Å². The molecule has 120 valence electrons. The predicted molar refractivity (Wildman–Crippen MR) is 87.6 cm³/mol. The molecule has 0 aliphatic heterocycles. The van der Waals surface area contributed by atoms with E-state index in [0.29, 0.717) is 36.9 Å². The summed E-state index contributed by atoms with van der Waals surface area (Å²) >= 11 is 0. The molecule has 0 fully saturated rings. The first kappa shape index (κ1) is 18.1. The highest BCUT2D eigenvalue weighted by atomic mass is 32.2. The minimum atomic E-state index is -3.45. The Kier molecular flexibility index (Phi) is 6.84. The van der Waals surface area contributed by atoms with Crippen molar-refractivity contribution in [3.05, 3.63) is 29.3 Å². The van der Waals surface area contributed by atoms with Crippen molar-refractivity contribution in [3.8, 4) is 0 Å². The lowest BCUT2D eigenvalue weighted by molar-refractivity contribution is 0.361. The minimum absolute atomic E-state index is 0.350. The van der Waals surface area contributed by atoms with Gasteiger partial charge < -0.3 is 5.73 Å². The molecule has 1 atom stereocenters. The number of benzene rings is 1. The van der Waals surface area contributed by atoms with E-state index in [9.17, 15) is 8.42 Å². The zero-order chi connectivity index (χ0) is 16.0. The number of hydrogen-bond acceptors (Lipinski definition) is 3. The second-order valence-electron chi connectivity index (χ2n) is 5.47. The third-order valence-electron chi connectivity index (χ3n) is 3.93. The highest BCUT2D eigenvalue weighted by molar-refractivity contribution is 7.89. The fourth-order valence-electron chi connectivity index (χ4n) is 2.27. The van der Waals surface area contributed by atoms with E-state index >= 15 is 0 Å². The van der Waals surface area contributed by atoms with Crippen LogP contribution in [0.5, 0.6) is 0 Å². The summed E-state index contributed by atoms with van der Waals surface area (Å²) in [6, 6.07) is 5.52. The molecule has 1 aromatic rings. The van der Waals surface area contributed by atoms with E-state index in [4.69, 9.17) is 5.73 Å². The van der Waals surface area contributed by atoms with E-state index in [1.165, 1.54) is 0 Å². The van der Waals surface area contributed by atoms with E-state index in [-0.39, 0.29) is 0 Å². The number of nitrogens with two attached hydrogens (primary N) is 1. The molecule has 0 saturated carbocycles. The summed E-state index contributed by atoms with van der Waals surface area (Å²) in [5.74, 6) is 0.350. The second-order valence-corrected chi connectivity index (χ2v) is 7.38. The summed E-state index contributed by atoms with van der Waals surface area (Å²) in [6.45, 7) is 9.42. The maximum absolute atomic E-state index is 12.9. The van der Waals surface area contributed by atoms with Gasteiger partial charge in [-0.05, 0) is 29.5 Å². The Morgan fingerprint density at radius 3 is 2.38 bits per heavy atom. The first-order valence-corrected chi connectivity index (χ1v) is 9.16. The maximum Gasteiger partial charge on any atom is 0.243 e. The topological polar surface area (TPSA) is 63.4 Å². The van der Waals surface area contributed by atoms with Gasteiger partial charge in [-0.1, -0.05) is 46.2 Å². The first-order valence-electron chi connectivity index (χ1n) is 7.72. The van der Waals surface area contributed by atoms with Gasteiger partial charge in [-0.3, -0.25) is 0 Å². The van der Waals surface area contributed by atoms with Crippen LogP contribution in [0.2, 0.25) is 0 Å². The van der Waals surface area contributed by atoms with Crippen LogP contribution in [0.1, 0.15) is 45.2 Å². The van der Waals surface area contributed by atoms with Crippen LogP contribution in [-0.2, 0) is 23.0 Å². The average molecular weight is 312 g/mol. The SMILES string of the molecule is CCc1ccc(CN)cc1S(=O)(=O)N(CC)CC(C)CC. The van der Waals surface area contributed by atoms with Gasteiger partial charge in [0.1, 0.15) is 0 Å². The quantitative estimate of drug-likeness (QED) is 0.803. The molecule has 4 nitrogen and oxygen atoms in total. The largest absolute Gasteiger partial charge is 0.326 e. The lowest BCUT2D eigenvalue weighted by Gasteiger charge is -2.25. The summed E-state index contributed by atoms with van der Waals surface area (Å²) in [7, 11) is -3.45. The summed E-state index contributed by atoms with van der Waals surface area (Å²) in [4.78, 5) is 0.415. The Balaban J connectivity index is 3.27. The van der Waals surface area contributed by atoms with Crippen molar-refractivity contribution >= 4 is 10.0 Å². The average Bonchev–Trinajstić information content (AvgIpc) is 2.51. The Morgan fingerprint density at radius 1 is 1.24 bits per heavy atom. The molecule has 2 N–H and O–H groups in total. The molecule has 21 heavy (non-hydrogen) atoms. The molecule has 0 aliphatic carbocycles. The Labute approximate surface area is 129 Å². The van der Waals surface area contributed by atoms with E-state index in [1.807, 2.05) is 26.0 Å². The number of sulfonamides is 1. The van der Waals surface area contributed by atoms with Gasteiger partial charge in [0, 0.05) is 19.6 Å². The molecule has 0 saturated heterocycles. The normalized spacial score (nSPS) is 13.6. The van der Waals surface area contributed by atoms with Crippen molar-refractivity contribution in [2.75, 3.05) is 13.1 Å². The van der Waals surface area contributed by atoms with Crippen molar-refractivity contribution in [2.24, 2.45) is 11.7 Å². The summed E-state index contributed by atoms with van der Waals surface area (Å²) in [5, 5.41) is 0. The standard InChI is InChI=1S/C16H28N2O2S/c1-5-13(4)12-18(7-3)21(19,20)16-10-14(11-17)8-9-15(16)6-2/h8-10,13H,5-7,11-12,17H2,1-4H3. The predicted octanol–water partition coefficient (Wildman–Crippen LogP) is 2.76. The smallest absolute Gasteiger partial charge is 0.243 e. The maximum atomic E-state index is 12.9. The molecule has 1 aromatic carbocycles. The van der Waals surface area contributed by atoms with E-state index < -0.39 is 10.0 Å². The van der Waals surface area contributed by atoms with Crippen LogP contribution in [-0.4, -0.2) is 25.8 Å². The Morgan fingerprint density at radius 2 is 1.90 bits per heavy atom. The highest BCUT2D eigenvalue weighted by Gasteiger charge is 2.26. The van der Waals surface area contributed by atoms with Gasteiger partial charge in [0.15, 0.2) is 0 Å². The lowest BCUT2D eigenvalue weighted by atomic mass is 10.1. The molecule has 1 unspecified atom stereocenters. The van der Waals surface area contributed by atoms with E-state index in [0.717, 1.165) is 17.5 Å². The minimum Gasteiger partial charge on any atom is -0.326 e. The first-order chi connectivity index (χ1) is 9.90. The van der Waals surface area contributed by atoms with E-state index in [1.54, 1.807) is 10.4 Å². The van der Waals surface area contributed by atoms with E-state index in [2.05, 4.69) is 13.8 Å². The number of aryl methyl sites for hydroxylation is 1. The highest BCUT2D eigenvalue weighted by Crippen LogP contribution is 2.23. The Hall–Kier alpha value is -0.910. The fraction of sp³-hybridized carbons (Fsp3) is 0.625. The summed E-state index contributed by atoms with van der Waals surface area (Å²) < 4.78 is 27.5. The van der Waals surface area contributed by atoms with Gasteiger partial charge in [-0.2, -0.15) is 4.31 Å².